The second-order valence-electron chi connectivity index (χ2n) is 5.84. The summed E-state index contributed by atoms with van der Waals surface area (Å²) in [6, 6.07) is 1.08. The first-order chi connectivity index (χ1) is 10.5. The normalized spacial score (nSPS) is 25.0. The van der Waals surface area contributed by atoms with Crippen LogP contribution in [0.15, 0.2) is 24.5 Å². The van der Waals surface area contributed by atoms with Crippen LogP contribution in [0.5, 0.6) is 0 Å². The summed E-state index contributed by atoms with van der Waals surface area (Å²) >= 11 is 0. The van der Waals surface area contributed by atoms with Gasteiger partial charge in [0.25, 0.3) is 5.78 Å². The molecule has 1 aliphatic carbocycles. The third-order valence-corrected chi connectivity index (χ3v) is 4.47. The van der Waals surface area contributed by atoms with E-state index in [9.17, 15) is 13.2 Å². The largest absolute Gasteiger partial charge is 0.433 e. The van der Waals surface area contributed by atoms with Gasteiger partial charge >= 0.3 is 6.18 Å². The van der Waals surface area contributed by atoms with Crippen LogP contribution >= 0.6 is 0 Å². The van der Waals surface area contributed by atoms with Gasteiger partial charge in [0.2, 0.25) is 0 Å². The predicted octanol–water partition coefficient (Wildman–Crippen LogP) is 2.55. The van der Waals surface area contributed by atoms with E-state index in [2.05, 4.69) is 27.2 Å². The van der Waals surface area contributed by atoms with Gasteiger partial charge < -0.3 is 4.90 Å². The molecule has 4 rings (SSSR count). The van der Waals surface area contributed by atoms with Crippen LogP contribution in [0.4, 0.5) is 19.0 Å². The molecule has 2 aromatic heterocycles. The third kappa shape index (κ3) is 2.13. The summed E-state index contributed by atoms with van der Waals surface area (Å²) in [6.45, 7) is 1.48. The average Bonchev–Trinajstić information content (AvgIpc) is 3.11. The maximum Gasteiger partial charge on any atom is 0.433 e. The number of hydrogen-bond acceptors (Lipinski definition) is 4. The second-order valence-corrected chi connectivity index (χ2v) is 5.84. The standard InChI is InChI=1S/C14H14F3N5/c15-14(16,17)11-5-12(22-13(20-11)18-8-19-22)21-6-9-3-1-2-4-10(9)7-21/h1-2,5,8-10H,3-4,6-7H2. The molecule has 0 aromatic carbocycles. The molecule has 2 aromatic rings. The maximum absolute atomic E-state index is 13.0. The topological polar surface area (TPSA) is 46.3 Å². The molecule has 1 fully saturated rings. The Hall–Kier alpha value is -2.12. The highest BCUT2D eigenvalue weighted by Crippen LogP contribution is 2.37. The Morgan fingerprint density at radius 3 is 2.41 bits per heavy atom. The van der Waals surface area contributed by atoms with Crippen LogP contribution in [0.25, 0.3) is 5.78 Å². The van der Waals surface area contributed by atoms with Gasteiger partial charge in [-0.2, -0.15) is 27.8 Å². The van der Waals surface area contributed by atoms with E-state index in [1.807, 2.05) is 4.90 Å². The molecule has 1 saturated heterocycles. The van der Waals surface area contributed by atoms with Gasteiger partial charge in [-0.05, 0) is 24.7 Å². The highest BCUT2D eigenvalue weighted by atomic mass is 19.4. The van der Waals surface area contributed by atoms with Gasteiger partial charge in [-0.1, -0.05) is 12.2 Å². The summed E-state index contributed by atoms with van der Waals surface area (Å²) in [5.41, 5.74) is -0.920. The number of alkyl halides is 3. The minimum absolute atomic E-state index is 0.0159. The summed E-state index contributed by atoms with van der Waals surface area (Å²) in [6.07, 6.45) is 3.03. The number of aromatic nitrogens is 4. The van der Waals surface area contributed by atoms with E-state index in [4.69, 9.17) is 0 Å². The van der Waals surface area contributed by atoms with Crippen LogP contribution in [0.1, 0.15) is 18.5 Å². The third-order valence-electron chi connectivity index (χ3n) is 4.47. The van der Waals surface area contributed by atoms with Gasteiger partial charge in [0, 0.05) is 19.2 Å². The molecule has 22 heavy (non-hydrogen) atoms. The second kappa shape index (κ2) is 4.69. The fourth-order valence-corrected chi connectivity index (χ4v) is 3.37. The SMILES string of the molecule is FC(F)(F)c1cc(N2CC3CC=CCC3C2)n2ncnc2n1. The Kier molecular flexibility index (Phi) is 2.88. The van der Waals surface area contributed by atoms with Crippen LogP contribution in [0.3, 0.4) is 0 Å². The van der Waals surface area contributed by atoms with E-state index in [0.29, 0.717) is 17.7 Å². The molecule has 5 nitrogen and oxygen atoms in total. The lowest BCUT2D eigenvalue weighted by atomic mass is 9.86. The van der Waals surface area contributed by atoms with E-state index in [0.717, 1.165) is 32.0 Å². The van der Waals surface area contributed by atoms with E-state index in [1.54, 1.807) is 0 Å². The summed E-state index contributed by atoms with van der Waals surface area (Å²) in [5.74, 6) is 1.39. The molecule has 0 spiro atoms. The van der Waals surface area contributed by atoms with Gasteiger partial charge in [-0.25, -0.2) is 4.98 Å². The Balaban J connectivity index is 1.76. The lowest BCUT2D eigenvalue weighted by Crippen LogP contribution is -2.24. The molecule has 116 valence electrons. The van der Waals surface area contributed by atoms with Crippen molar-refractivity contribution < 1.29 is 13.2 Å². The van der Waals surface area contributed by atoms with E-state index in [-0.39, 0.29) is 5.78 Å². The van der Waals surface area contributed by atoms with Gasteiger partial charge in [0.05, 0.1) is 0 Å². The Bertz CT molecular complexity index is 720. The van der Waals surface area contributed by atoms with Crippen LogP contribution in [-0.4, -0.2) is 32.7 Å². The molecular weight excluding hydrogens is 295 g/mol. The van der Waals surface area contributed by atoms with Crippen molar-refractivity contribution in [2.45, 2.75) is 19.0 Å². The highest BCUT2D eigenvalue weighted by Gasteiger charge is 2.37. The molecule has 0 amide bonds. The molecule has 2 aliphatic rings. The monoisotopic (exact) mass is 309 g/mol. The van der Waals surface area contributed by atoms with E-state index < -0.39 is 11.9 Å². The zero-order chi connectivity index (χ0) is 15.3. The molecule has 2 unspecified atom stereocenters. The zero-order valence-corrected chi connectivity index (χ0v) is 11.7. The number of hydrogen-bond donors (Lipinski definition) is 0. The number of rotatable bonds is 1. The predicted molar refractivity (Wildman–Crippen MR) is 73.4 cm³/mol. The molecular formula is C14H14F3N5. The van der Waals surface area contributed by atoms with Crippen molar-refractivity contribution in [1.29, 1.82) is 0 Å². The number of halogens is 3. The van der Waals surface area contributed by atoms with Gasteiger partial charge in [-0.3, -0.25) is 0 Å². The molecule has 0 N–H and O–H groups in total. The zero-order valence-electron chi connectivity index (χ0n) is 11.7. The van der Waals surface area contributed by atoms with Crippen molar-refractivity contribution in [1.82, 2.24) is 19.6 Å². The summed E-state index contributed by atoms with van der Waals surface area (Å²) < 4.78 is 40.5. The highest BCUT2D eigenvalue weighted by molar-refractivity contribution is 5.49. The molecule has 3 heterocycles. The Morgan fingerprint density at radius 2 is 1.77 bits per heavy atom. The fourth-order valence-electron chi connectivity index (χ4n) is 3.37. The maximum atomic E-state index is 13.0. The quantitative estimate of drug-likeness (QED) is 0.760. The fraction of sp³-hybridized carbons (Fsp3) is 0.500. The van der Waals surface area contributed by atoms with Gasteiger partial charge in [0.1, 0.15) is 12.1 Å². The first kappa shape index (κ1) is 13.5. The van der Waals surface area contributed by atoms with Crippen molar-refractivity contribution in [2.24, 2.45) is 11.8 Å². The van der Waals surface area contributed by atoms with Crippen molar-refractivity contribution in [3.05, 3.63) is 30.2 Å². The molecule has 0 saturated carbocycles. The number of allylic oxidation sites excluding steroid dienone is 2. The van der Waals surface area contributed by atoms with Crippen LogP contribution in [-0.2, 0) is 6.18 Å². The summed E-state index contributed by atoms with van der Waals surface area (Å²) in [5, 5.41) is 4.02. The van der Waals surface area contributed by atoms with Crippen LogP contribution < -0.4 is 4.90 Å². The number of anilines is 1. The Labute approximate surface area is 124 Å². The van der Waals surface area contributed by atoms with Crippen molar-refractivity contribution in [3.8, 4) is 0 Å². The molecule has 1 aliphatic heterocycles. The Morgan fingerprint density at radius 1 is 1.09 bits per heavy atom. The van der Waals surface area contributed by atoms with Crippen LogP contribution in [0.2, 0.25) is 0 Å². The minimum atomic E-state index is -4.49. The lowest BCUT2D eigenvalue weighted by Gasteiger charge is -2.20. The van der Waals surface area contributed by atoms with E-state index >= 15 is 0 Å². The minimum Gasteiger partial charge on any atom is -0.356 e. The number of fused-ring (bicyclic) bond motifs is 2. The molecule has 0 bridgehead atoms. The van der Waals surface area contributed by atoms with Crippen molar-refractivity contribution >= 4 is 11.6 Å². The molecule has 0 radical (unpaired) electrons. The van der Waals surface area contributed by atoms with Gasteiger partial charge in [-0.15, -0.1) is 0 Å². The summed E-state index contributed by atoms with van der Waals surface area (Å²) in [7, 11) is 0. The summed E-state index contributed by atoms with van der Waals surface area (Å²) in [4.78, 5) is 9.35. The number of nitrogens with zero attached hydrogens (tertiary/aromatic N) is 5. The lowest BCUT2D eigenvalue weighted by molar-refractivity contribution is -0.141. The first-order valence-corrected chi connectivity index (χ1v) is 7.20. The molecule has 8 heteroatoms. The van der Waals surface area contributed by atoms with Gasteiger partial charge in [0.15, 0.2) is 5.69 Å². The smallest absolute Gasteiger partial charge is 0.356 e. The van der Waals surface area contributed by atoms with E-state index in [1.165, 1.54) is 10.8 Å². The average molecular weight is 309 g/mol. The van der Waals surface area contributed by atoms with Crippen molar-refractivity contribution in [3.63, 3.8) is 0 Å². The molecule has 2 atom stereocenters. The first-order valence-electron chi connectivity index (χ1n) is 7.20. The van der Waals surface area contributed by atoms with Crippen molar-refractivity contribution in [2.75, 3.05) is 18.0 Å². The van der Waals surface area contributed by atoms with Crippen LogP contribution in [0, 0.1) is 11.8 Å².